The molecule has 0 radical (unpaired) electrons. The number of carbonyl (C=O) groups is 2. The standard InChI is InChI=1S/C19H23N3O5/c1-12(2)11-22-17(24)14-6-4-3-5-13(14)15(21-22)16(23)20-19(18(25)26)7-9-27-10-8-19/h3-6,12H,7-11H2,1-2H3,(H,20,23)(H,25,26). The minimum atomic E-state index is -1.39. The maximum absolute atomic E-state index is 13.0. The molecular formula is C19H23N3O5. The lowest BCUT2D eigenvalue weighted by Crippen LogP contribution is -2.57. The Balaban J connectivity index is 2.07. The number of ether oxygens (including phenoxy) is 1. The first kappa shape index (κ1) is 19.0. The van der Waals surface area contributed by atoms with E-state index >= 15 is 0 Å². The fraction of sp³-hybridized carbons (Fsp3) is 0.474. The molecule has 0 unspecified atom stereocenters. The summed E-state index contributed by atoms with van der Waals surface area (Å²) in [5.41, 5.74) is -1.61. The molecule has 0 bridgehead atoms. The number of hydrogen-bond acceptors (Lipinski definition) is 5. The fourth-order valence-corrected chi connectivity index (χ4v) is 3.26. The predicted molar refractivity (Wildman–Crippen MR) is 98.7 cm³/mol. The van der Waals surface area contributed by atoms with Crippen LogP contribution in [0.4, 0.5) is 0 Å². The Hall–Kier alpha value is -2.74. The third-order valence-electron chi connectivity index (χ3n) is 4.73. The normalized spacial score (nSPS) is 16.4. The maximum atomic E-state index is 13.0. The lowest BCUT2D eigenvalue weighted by molar-refractivity contribution is -0.148. The van der Waals surface area contributed by atoms with E-state index in [0.717, 1.165) is 0 Å². The first-order valence-corrected chi connectivity index (χ1v) is 8.97. The SMILES string of the molecule is CC(C)Cn1nc(C(=O)NC2(C(=O)O)CCOCC2)c2ccccc2c1=O. The summed E-state index contributed by atoms with van der Waals surface area (Å²) in [5, 5.41) is 17.4. The molecular weight excluding hydrogens is 350 g/mol. The van der Waals surface area contributed by atoms with Crippen LogP contribution in [0.15, 0.2) is 29.1 Å². The summed E-state index contributed by atoms with van der Waals surface area (Å²) in [4.78, 5) is 37.5. The number of rotatable bonds is 5. The van der Waals surface area contributed by atoms with Crippen LogP contribution in [0.25, 0.3) is 10.8 Å². The van der Waals surface area contributed by atoms with Crippen LogP contribution in [-0.4, -0.2) is 45.5 Å². The summed E-state index contributed by atoms with van der Waals surface area (Å²) in [6.07, 6.45) is 0.356. The van der Waals surface area contributed by atoms with Crippen molar-refractivity contribution in [2.24, 2.45) is 5.92 Å². The number of carboxylic acid groups (broad SMARTS) is 1. The number of carbonyl (C=O) groups excluding carboxylic acids is 1. The van der Waals surface area contributed by atoms with Crippen LogP contribution < -0.4 is 10.9 Å². The smallest absolute Gasteiger partial charge is 0.329 e. The van der Waals surface area contributed by atoms with E-state index in [-0.39, 0.29) is 43.2 Å². The van der Waals surface area contributed by atoms with Crippen LogP contribution >= 0.6 is 0 Å². The van der Waals surface area contributed by atoms with E-state index in [4.69, 9.17) is 4.74 Å². The molecule has 1 aliphatic rings. The van der Waals surface area contributed by atoms with Crippen LogP contribution in [0.5, 0.6) is 0 Å². The lowest BCUT2D eigenvalue weighted by atomic mass is 9.90. The minimum Gasteiger partial charge on any atom is -0.480 e. The number of benzene rings is 1. The summed E-state index contributed by atoms with van der Waals surface area (Å²) in [6, 6.07) is 6.74. The summed E-state index contributed by atoms with van der Waals surface area (Å²) >= 11 is 0. The number of fused-ring (bicyclic) bond motifs is 1. The van der Waals surface area contributed by atoms with Gasteiger partial charge in [-0.2, -0.15) is 5.10 Å². The molecule has 8 nitrogen and oxygen atoms in total. The Labute approximate surface area is 156 Å². The van der Waals surface area contributed by atoms with Crippen molar-refractivity contribution in [2.75, 3.05) is 13.2 Å². The minimum absolute atomic E-state index is 0.0537. The third-order valence-corrected chi connectivity index (χ3v) is 4.73. The van der Waals surface area contributed by atoms with Crippen molar-refractivity contribution in [3.05, 3.63) is 40.3 Å². The third kappa shape index (κ3) is 3.71. The van der Waals surface area contributed by atoms with Crippen molar-refractivity contribution in [3.63, 3.8) is 0 Å². The molecule has 8 heteroatoms. The van der Waals surface area contributed by atoms with E-state index in [1.54, 1.807) is 24.3 Å². The molecule has 0 atom stereocenters. The lowest BCUT2D eigenvalue weighted by Gasteiger charge is -2.33. The Morgan fingerprint density at radius 2 is 1.89 bits per heavy atom. The average molecular weight is 373 g/mol. The average Bonchev–Trinajstić information content (AvgIpc) is 2.64. The highest BCUT2D eigenvalue weighted by molar-refractivity contribution is 6.06. The van der Waals surface area contributed by atoms with Crippen molar-refractivity contribution in [3.8, 4) is 0 Å². The van der Waals surface area contributed by atoms with Gasteiger partial charge in [-0.3, -0.25) is 9.59 Å². The molecule has 27 heavy (non-hydrogen) atoms. The Morgan fingerprint density at radius 1 is 1.26 bits per heavy atom. The molecule has 1 fully saturated rings. The summed E-state index contributed by atoms with van der Waals surface area (Å²) < 4.78 is 6.51. The van der Waals surface area contributed by atoms with Crippen molar-refractivity contribution >= 4 is 22.6 Å². The second-order valence-electron chi connectivity index (χ2n) is 7.23. The van der Waals surface area contributed by atoms with Crippen molar-refractivity contribution in [2.45, 2.75) is 38.8 Å². The molecule has 1 aromatic heterocycles. The molecule has 0 aliphatic carbocycles. The van der Waals surface area contributed by atoms with Gasteiger partial charge in [-0.15, -0.1) is 0 Å². The summed E-state index contributed by atoms with van der Waals surface area (Å²) in [5.74, 6) is -1.54. The number of nitrogens with zero attached hydrogens (tertiary/aromatic N) is 2. The number of aliphatic carboxylic acids is 1. The molecule has 2 N–H and O–H groups in total. The molecule has 2 heterocycles. The number of aromatic nitrogens is 2. The zero-order valence-corrected chi connectivity index (χ0v) is 15.4. The zero-order chi connectivity index (χ0) is 19.6. The fourth-order valence-electron chi connectivity index (χ4n) is 3.26. The Morgan fingerprint density at radius 3 is 2.48 bits per heavy atom. The number of carboxylic acids is 1. The van der Waals surface area contributed by atoms with Gasteiger partial charge in [-0.1, -0.05) is 32.0 Å². The highest BCUT2D eigenvalue weighted by atomic mass is 16.5. The molecule has 0 saturated carbocycles. The molecule has 1 amide bonds. The molecule has 144 valence electrons. The van der Waals surface area contributed by atoms with Gasteiger partial charge >= 0.3 is 5.97 Å². The zero-order valence-electron chi connectivity index (χ0n) is 15.4. The second-order valence-corrected chi connectivity index (χ2v) is 7.23. The van der Waals surface area contributed by atoms with Gasteiger partial charge < -0.3 is 15.2 Å². The van der Waals surface area contributed by atoms with Crippen LogP contribution in [0.3, 0.4) is 0 Å². The van der Waals surface area contributed by atoms with Crippen molar-refractivity contribution in [1.29, 1.82) is 0 Å². The molecule has 1 aliphatic heterocycles. The van der Waals surface area contributed by atoms with Crippen LogP contribution in [0.2, 0.25) is 0 Å². The topological polar surface area (TPSA) is 111 Å². The van der Waals surface area contributed by atoms with E-state index in [1.165, 1.54) is 4.68 Å². The largest absolute Gasteiger partial charge is 0.480 e. The van der Waals surface area contributed by atoms with Gasteiger partial charge in [0.15, 0.2) is 5.69 Å². The summed E-state index contributed by atoms with van der Waals surface area (Å²) in [7, 11) is 0. The van der Waals surface area contributed by atoms with E-state index in [1.807, 2.05) is 13.8 Å². The van der Waals surface area contributed by atoms with E-state index in [0.29, 0.717) is 17.3 Å². The highest BCUT2D eigenvalue weighted by Gasteiger charge is 2.42. The monoisotopic (exact) mass is 373 g/mol. The number of nitrogens with one attached hydrogen (secondary N) is 1. The predicted octanol–water partition coefficient (Wildman–Crippen LogP) is 1.42. The van der Waals surface area contributed by atoms with E-state index in [9.17, 15) is 19.5 Å². The van der Waals surface area contributed by atoms with Crippen LogP contribution in [0.1, 0.15) is 37.2 Å². The molecule has 1 saturated heterocycles. The van der Waals surface area contributed by atoms with Gasteiger partial charge in [0, 0.05) is 38.0 Å². The van der Waals surface area contributed by atoms with Crippen LogP contribution in [-0.2, 0) is 16.1 Å². The van der Waals surface area contributed by atoms with E-state index < -0.39 is 17.4 Å². The number of hydrogen-bond donors (Lipinski definition) is 2. The highest BCUT2D eigenvalue weighted by Crippen LogP contribution is 2.23. The second kappa shape index (κ2) is 7.48. The maximum Gasteiger partial charge on any atom is 0.329 e. The Kier molecular flexibility index (Phi) is 5.27. The quantitative estimate of drug-likeness (QED) is 0.820. The first-order valence-electron chi connectivity index (χ1n) is 8.97. The van der Waals surface area contributed by atoms with Gasteiger partial charge in [0.05, 0.1) is 5.39 Å². The Bertz CT molecular complexity index is 929. The van der Waals surface area contributed by atoms with Crippen LogP contribution in [0, 0.1) is 5.92 Å². The molecule has 3 rings (SSSR count). The van der Waals surface area contributed by atoms with Gasteiger partial charge in [0.1, 0.15) is 5.54 Å². The van der Waals surface area contributed by atoms with Gasteiger partial charge in [-0.25, -0.2) is 9.48 Å². The van der Waals surface area contributed by atoms with Crippen molar-refractivity contribution in [1.82, 2.24) is 15.1 Å². The molecule has 2 aromatic rings. The molecule has 0 spiro atoms. The number of amides is 1. The van der Waals surface area contributed by atoms with Gasteiger partial charge in [0.2, 0.25) is 0 Å². The van der Waals surface area contributed by atoms with Crippen molar-refractivity contribution < 1.29 is 19.4 Å². The molecule has 1 aromatic carbocycles. The van der Waals surface area contributed by atoms with E-state index in [2.05, 4.69) is 10.4 Å². The first-order chi connectivity index (χ1) is 12.8. The van der Waals surface area contributed by atoms with Gasteiger partial charge in [0.25, 0.3) is 11.5 Å². The summed E-state index contributed by atoms with van der Waals surface area (Å²) in [6.45, 7) is 4.78. The van der Waals surface area contributed by atoms with Gasteiger partial charge in [-0.05, 0) is 12.0 Å².